The molecule has 0 aliphatic carbocycles. The Morgan fingerprint density at radius 3 is 2.94 bits per heavy atom. The molecule has 0 aliphatic heterocycles. The molecule has 6 heteroatoms. The van der Waals surface area contributed by atoms with Gasteiger partial charge in [0, 0.05) is 11.0 Å². The van der Waals surface area contributed by atoms with Crippen LogP contribution in [0.4, 0.5) is 4.39 Å². The summed E-state index contributed by atoms with van der Waals surface area (Å²) in [6.07, 6.45) is 1.28. The van der Waals surface area contributed by atoms with Crippen molar-refractivity contribution in [2.24, 2.45) is 0 Å². The number of hydrogen-bond donors (Lipinski definition) is 1. The Hall–Kier alpha value is -1.27. The SMILES string of the molecule is Fc1ccc(CNCc2ncon2)c(Br)c1. The molecule has 1 heterocycles. The monoisotopic (exact) mass is 285 g/mol. The second-order valence-corrected chi connectivity index (χ2v) is 4.04. The lowest BCUT2D eigenvalue weighted by Gasteiger charge is -2.04. The minimum absolute atomic E-state index is 0.256. The molecule has 1 aromatic heterocycles. The van der Waals surface area contributed by atoms with Crippen molar-refractivity contribution in [3.8, 4) is 0 Å². The molecule has 0 unspecified atom stereocenters. The van der Waals surface area contributed by atoms with Crippen molar-refractivity contribution in [1.29, 1.82) is 0 Å². The number of benzene rings is 1. The molecule has 0 spiro atoms. The first-order valence-electron chi connectivity index (χ1n) is 4.65. The van der Waals surface area contributed by atoms with Gasteiger partial charge in [-0.2, -0.15) is 4.98 Å². The molecular weight excluding hydrogens is 277 g/mol. The lowest BCUT2D eigenvalue weighted by atomic mass is 10.2. The van der Waals surface area contributed by atoms with E-state index in [-0.39, 0.29) is 5.82 Å². The Balaban J connectivity index is 1.90. The predicted molar refractivity (Wildman–Crippen MR) is 58.9 cm³/mol. The van der Waals surface area contributed by atoms with Crippen LogP contribution in [-0.4, -0.2) is 10.1 Å². The number of nitrogens with one attached hydrogen (secondary N) is 1. The highest BCUT2D eigenvalue weighted by molar-refractivity contribution is 9.10. The van der Waals surface area contributed by atoms with Gasteiger partial charge in [0.15, 0.2) is 5.82 Å². The molecule has 2 aromatic rings. The molecule has 0 saturated heterocycles. The van der Waals surface area contributed by atoms with Gasteiger partial charge >= 0.3 is 0 Å². The van der Waals surface area contributed by atoms with Crippen LogP contribution >= 0.6 is 15.9 Å². The van der Waals surface area contributed by atoms with Crippen LogP contribution in [0.25, 0.3) is 0 Å². The van der Waals surface area contributed by atoms with E-state index in [1.165, 1.54) is 18.5 Å². The van der Waals surface area contributed by atoms with Gasteiger partial charge in [0.05, 0.1) is 6.54 Å². The van der Waals surface area contributed by atoms with Gasteiger partial charge in [-0.3, -0.25) is 0 Å². The molecule has 0 aliphatic rings. The molecule has 0 radical (unpaired) electrons. The summed E-state index contributed by atoms with van der Waals surface area (Å²) < 4.78 is 18.2. The van der Waals surface area contributed by atoms with E-state index in [1.807, 2.05) is 0 Å². The third-order valence-electron chi connectivity index (χ3n) is 2.02. The number of halogens is 2. The topological polar surface area (TPSA) is 51.0 Å². The Kier molecular flexibility index (Phi) is 3.63. The lowest BCUT2D eigenvalue weighted by Crippen LogP contribution is -2.14. The maximum absolute atomic E-state index is 12.8. The molecule has 1 aromatic carbocycles. The molecule has 0 saturated carbocycles. The van der Waals surface area contributed by atoms with E-state index in [9.17, 15) is 4.39 Å². The van der Waals surface area contributed by atoms with E-state index < -0.39 is 0 Å². The highest BCUT2D eigenvalue weighted by Gasteiger charge is 2.02. The first kappa shape index (κ1) is 11.2. The number of nitrogens with zero attached hydrogens (tertiary/aromatic N) is 2. The van der Waals surface area contributed by atoms with Crippen LogP contribution in [0.1, 0.15) is 11.4 Å². The summed E-state index contributed by atoms with van der Waals surface area (Å²) in [7, 11) is 0. The zero-order valence-electron chi connectivity index (χ0n) is 8.28. The number of rotatable bonds is 4. The molecular formula is C10H9BrFN3O. The van der Waals surface area contributed by atoms with Crippen molar-refractivity contribution < 1.29 is 8.91 Å². The fraction of sp³-hybridized carbons (Fsp3) is 0.200. The Morgan fingerprint density at radius 1 is 1.38 bits per heavy atom. The third kappa shape index (κ3) is 2.86. The number of hydrogen-bond acceptors (Lipinski definition) is 4. The molecule has 1 N–H and O–H groups in total. The fourth-order valence-corrected chi connectivity index (χ4v) is 1.74. The maximum Gasteiger partial charge on any atom is 0.213 e. The van der Waals surface area contributed by atoms with Crippen LogP contribution in [0.5, 0.6) is 0 Å². The van der Waals surface area contributed by atoms with Crippen LogP contribution in [0, 0.1) is 5.82 Å². The largest absolute Gasteiger partial charge is 0.343 e. The van der Waals surface area contributed by atoms with Crippen LogP contribution in [0.3, 0.4) is 0 Å². The van der Waals surface area contributed by atoms with Crippen LogP contribution in [-0.2, 0) is 13.1 Å². The van der Waals surface area contributed by atoms with Gasteiger partial charge in [-0.1, -0.05) is 27.2 Å². The van der Waals surface area contributed by atoms with Crippen LogP contribution < -0.4 is 5.32 Å². The van der Waals surface area contributed by atoms with E-state index >= 15 is 0 Å². The van der Waals surface area contributed by atoms with E-state index in [4.69, 9.17) is 0 Å². The first-order valence-corrected chi connectivity index (χ1v) is 5.45. The Bertz CT molecular complexity index is 461. The second kappa shape index (κ2) is 5.18. The van der Waals surface area contributed by atoms with Gasteiger partial charge in [0.25, 0.3) is 0 Å². The third-order valence-corrected chi connectivity index (χ3v) is 2.76. The predicted octanol–water partition coefficient (Wildman–Crippen LogP) is 2.26. The van der Waals surface area contributed by atoms with Crippen molar-refractivity contribution in [3.63, 3.8) is 0 Å². The molecule has 0 bridgehead atoms. The van der Waals surface area contributed by atoms with Crippen molar-refractivity contribution in [2.45, 2.75) is 13.1 Å². The van der Waals surface area contributed by atoms with Gasteiger partial charge in [0.2, 0.25) is 6.39 Å². The van der Waals surface area contributed by atoms with Gasteiger partial charge in [0.1, 0.15) is 5.82 Å². The van der Waals surface area contributed by atoms with Crippen molar-refractivity contribution >= 4 is 15.9 Å². The summed E-state index contributed by atoms with van der Waals surface area (Å²) in [6.45, 7) is 1.12. The zero-order valence-corrected chi connectivity index (χ0v) is 9.87. The summed E-state index contributed by atoms with van der Waals surface area (Å²) in [5.74, 6) is 0.340. The average Bonchev–Trinajstić information content (AvgIpc) is 2.74. The summed E-state index contributed by atoms with van der Waals surface area (Å²) in [5, 5.41) is 6.79. The zero-order chi connectivity index (χ0) is 11.4. The first-order chi connectivity index (χ1) is 7.75. The Labute approximate surface area is 100.0 Å². The molecule has 4 nitrogen and oxygen atoms in total. The molecule has 16 heavy (non-hydrogen) atoms. The number of aromatic nitrogens is 2. The smallest absolute Gasteiger partial charge is 0.213 e. The summed E-state index contributed by atoms with van der Waals surface area (Å²) in [4.78, 5) is 3.87. The van der Waals surface area contributed by atoms with Crippen LogP contribution in [0.2, 0.25) is 0 Å². The van der Waals surface area contributed by atoms with Gasteiger partial charge < -0.3 is 9.84 Å². The summed E-state index contributed by atoms with van der Waals surface area (Å²) in [6, 6.07) is 4.59. The normalized spacial score (nSPS) is 10.6. The Morgan fingerprint density at radius 2 is 2.25 bits per heavy atom. The van der Waals surface area contributed by atoms with Crippen LogP contribution in [0.15, 0.2) is 33.6 Å². The molecule has 2 rings (SSSR count). The van der Waals surface area contributed by atoms with E-state index in [0.717, 1.165) is 10.0 Å². The molecule has 0 amide bonds. The molecule has 0 fully saturated rings. The quantitative estimate of drug-likeness (QED) is 0.936. The van der Waals surface area contributed by atoms with Crippen molar-refractivity contribution in [1.82, 2.24) is 15.5 Å². The van der Waals surface area contributed by atoms with Gasteiger partial charge in [-0.05, 0) is 17.7 Å². The molecule has 0 atom stereocenters. The highest BCUT2D eigenvalue weighted by atomic mass is 79.9. The van der Waals surface area contributed by atoms with Gasteiger partial charge in [-0.15, -0.1) is 0 Å². The summed E-state index contributed by atoms with van der Waals surface area (Å²) in [5.41, 5.74) is 0.977. The minimum atomic E-state index is -0.256. The standard InChI is InChI=1S/C10H9BrFN3O/c11-9-3-8(12)2-1-7(9)4-13-5-10-14-6-16-15-10/h1-3,6,13H,4-5H2. The van der Waals surface area contributed by atoms with E-state index in [1.54, 1.807) is 6.07 Å². The van der Waals surface area contributed by atoms with Crippen molar-refractivity contribution in [3.05, 3.63) is 46.3 Å². The van der Waals surface area contributed by atoms with E-state index in [2.05, 4.69) is 35.9 Å². The maximum atomic E-state index is 12.8. The van der Waals surface area contributed by atoms with Crippen molar-refractivity contribution in [2.75, 3.05) is 0 Å². The molecule has 84 valence electrons. The highest BCUT2D eigenvalue weighted by Crippen LogP contribution is 2.17. The van der Waals surface area contributed by atoms with E-state index in [0.29, 0.717) is 18.9 Å². The lowest BCUT2D eigenvalue weighted by molar-refractivity contribution is 0.407. The second-order valence-electron chi connectivity index (χ2n) is 3.19. The average molecular weight is 286 g/mol. The van der Waals surface area contributed by atoms with Gasteiger partial charge in [-0.25, -0.2) is 4.39 Å². The fourth-order valence-electron chi connectivity index (χ4n) is 1.24. The minimum Gasteiger partial charge on any atom is -0.343 e. The summed E-state index contributed by atoms with van der Waals surface area (Å²) >= 11 is 3.30.